The first-order valence-corrected chi connectivity index (χ1v) is 8.87. The Bertz CT molecular complexity index is 878. The Morgan fingerprint density at radius 2 is 2.04 bits per heavy atom. The number of ether oxygens (including phenoxy) is 1. The Morgan fingerprint density at radius 1 is 1.32 bits per heavy atom. The number of urea groups is 1. The van der Waals surface area contributed by atoms with Crippen LogP contribution in [0.2, 0.25) is 0 Å². The highest BCUT2D eigenvalue weighted by Gasteiger charge is 2.26. The van der Waals surface area contributed by atoms with Crippen molar-refractivity contribution >= 4 is 24.0 Å². The van der Waals surface area contributed by atoms with E-state index in [0.717, 1.165) is 22.7 Å². The van der Waals surface area contributed by atoms with Gasteiger partial charge in [0.1, 0.15) is 5.76 Å². The molecule has 0 radical (unpaired) electrons. The van der Waals surface area contributed by atoms with Gasteiger partial charge < -0.3 is 19.5 Å². The highest BCUT2D eigenvalue weighted by Crippen LogP contribution is 2.19. The van der Waals surface area contributed by atoms with Gasteiger partial charge in [0.2, 0.25) is 0 Å². The van der Waals surface area contributed by atoms with E-state index < -0.39 is 24.0 Å². The van der Waals surface area contributed by atoms with Gasteiger partial charge in [-0.25, -0.2) is 9.59 Å². The van der Waals surface area contributed by atoms with Gasteiger partial charge in [-0.05, 0) is 49.6 Å². The minimum absolute atomic E-state index is 0.324. The summed E-state index contributed by atoms with van der Waals surface area (Å²) >= 11 is 0. The van der Waals surface area contributed by atoms with E-state index in [2.05, 4.69) is 4.57 Å². The molecule has 0 spiro atoms. The zero-order chi connectivity index (χ0) is 20.8. The van der Waals surface area contributed by atoms with Crippen LogP contribution in [0.25, 0.3) is 6.08 Å². The lowest BCUT2D eigenvalue weighted by Gasteiger charge is -2.18. The minimum Gasteiger partial charge on any atom is -0.467 e. The molecule has 28 heavy (non-hydrogen) atoms. The topological polar surface area (TPSA) is 117 Å². The van der Waals surface area contributed by atoms with E-state index in [1.54, 1.807) is 26.2 Å². The summed E-state index contributed by atoms with van der Waals surface area (Å²) < 4.78 is 12.6. The molecule has 3 amide bonds. The molecular weight excluding hydrogens is 362 g/mol. The van der Waals surface area contributed by atoms with Gasteiger partial charge in [0, 0.05) is 17.5 Å². The van der Waals surface area contributed by atoms with Crippen LogP contribution in [0.15, 0.2) is 35.0 Å². The van der Waals surface area contributed by atoms with E-state index in [1.165, 1.54) is 6.08 Å². The number of primary amides is 1. The summed E-state index contributed by atoms with van der Waals surface area (Å²) in [6, 6.07) is 4.68. The Morgan fingerprint density at radius 3 is 2.61 bits per heavy atom. The van der Waals surface area contributed by atoms with Crippen LogP contribution in [0, 0.1) is 19.8 Å². The van der Waals surface area contributed by atoms with Gasteiger partial charge in [0.25, 0.3) is 5.91 Å². The summed E-state index contributed by atoms with van der Waals surface area (Å²) in [6.45, 7) is 7.90. The molecule has 0 aliphatic carbocycles. The fourth-order valence-electron chi connectivity index (χ4n) is 2.81. The van der Waals surface area contributed by atoms with E-state index in [0.29, 0.717) is 6.54 Å². The first-order chi connectivity index (χ1) is 13.2. The molecule has 0 unspecified atom stereocenters. The molecule has 0 aliphatic heterocycles. The van der Waals surface area contributed by atoms with Crippen molar-refractivity contribution in [2.75, 3.05) is 0 Å². The number of furan rings is 1. The predicted molar refractivity (Wildman–Crippen MR) is 103 cm³/mol. The first-order valence-electron chi connectivity index (χ1n) is 8.87. The lowest BCUT2D eigenvalue weighted by Crippen LogP contribution is -2.45. The lowest BCUT2D eigenvalue weighted by atomic mass is 10.1. The molecule has 8 heteroatoms. The summed E-state index contributed by atoms with van der Waals surface area (Å²) in [7, 11) is 0. The molecular formula is C20H25N3O5. The van der Waals surface area contributed by atoms with Crippen LogP contribution in [0.1, 0.15) is 36.6 Å². The van der Waals surface area contributed by atoms with Crippen LogP contribution < -0.4 is 11.1 Å². The third-order valence-corrected chi connectivity index (χ3v) is 4.26. The summed E-state index contributed by atoms with van der Waals surface area (Å²) in [6.07, 6.45) is 3.40. The highest BCUT2D eigenvalue weighted by atomic mass is 16.5. The van der Waals surface area contributed by atoms with Crippen molar-refractivity contribution < 1.29 is 23.5 Å². The van der Waals surface area contributed by atoms with E-state index in [9.17, 15) is 14.4 Å². The molecule has 8 nitrogen and oxygen atoms in total. The number of aromatic nitrogens is 1. The number of carbonyl (C=O) groups excluding carboxylic acids is 3. The minimum atomic E-state index is -1.11. The van der Waals surface area contributed by atoms with E-state index >= 15 is 0 Å². The molecule has 2 aromatic rings. The fourth-order valence-corrected chi connectivity index (χ4v) is 2.81. The second-order valence-electron chi connectivity index (χ2n) is 6.78. The van der Waals surface area contributed by atoms with Crippen LogP contribution in [0.4, 0.5) is 4.79 Å². The van der Waals surface area contributed by atoms with Gasteiger partial charge >= 0.3 is 12.0 Å². The number of esters is 1. The number of carbonyl (C=O) groups is 3. The molecule has 0 saturated carbocycles. The Labute approximate surface area is 163 Å². The smallest absolute Gasteiger partial charge is 0.331 e. The zero-order valence-electron chi connectivity index (χ0n) is 16.4. The average molecular weight is 387 g/mol. The summed E-state index contributed by atoms with van der Waals surface area (Å²) in [5.74, 6) is -0.929. The maximum Gasteiger partial charge on any atom is 0.331 e. The van der Waals surface area contributed by atoms with E-state index in [-0.39, 0.29) is 5.92 Å². The molecule has 3 N–H and O–H groups in total. The van der Waals surface area contributed by atoms with Gasteiger partial charge in [0.05, 0.1) is 12.8 Å². The lowest BCUT2D eigenvalue weighted by molar-refractivity contribution is -0.153. The molecule has 1 atom stereocenters. The number of amides is 3. The average Bonchev–Trinajstić information content (AvgIpc) is 3.20. The van der Waals surface area contributed by atoms with Crippen molar-refractivity contribution in [1.82, 2.24) is 9.88 Å². The van der Waals surface area contributed by atoms with E-state index in [1.807, 2.05) is 37.4 Å². The maximum atomic E-state index is 12.2. The van der Waals surface area contributed by atoms with Gasteiger partial charge in [-0.1, -0.05) is 13.8 Å². The number of hydrogen-bond acceptors (Lipinski definition) is 5. The number of nitrogens with one attached hydrogen (secondary N) is 1. The normalized spacial score (nSPS) is 12.3. The number of nitrogens with two attached hydrogens (primary N) is 1. The van der Waals surface area contributed by atoms with Gasteiger partial charge in [0.15, 0.2) is 6.10 Å². The molecule has 2 aromatic heterocycles. The van der Waals surface area contributed by atoms with Crippen LogP contribution in [-0.4, -0.2) is 28.6 Å². The van der Waals surface area contributed by atoms with Gasteiger partial charge in [-0.3, -0.25) is 10.1 Å². The van der Waals surface area contributed by atoms with Crippen molar-refractivity contribution in [3.05, 3.63) is 53.2 Å². The number of rotatable bonds is 7. The fraction of sp³-hybridized carbons (Fsp3) is 0.350. The third kappa shape index (κ3) is 5.35. The molecule has 2 rings (SSSR count). The summed E-state index contributed by atoms with van der Waals surface area (Å²) in [5, 5.41) is 1.93. The zero-order valence-corrected chi connectivity index (χ0v) is 16.4. The molecule has 0 fully saturated rings. The number of aryl methyl sites for hydroxylation is 1. The van der Waals surface area contributed by atoms with Crippen molar-refractivity contribution in [1.29, 1.82) is 0 Å². The number of imide groups is 1. The molecule has 0 aliphatic rings. The quantitative estimate of drug-likeness (QED) is 0.559. The molecule has 2 heterocycles. The van der Waals surface area contributed by atoms with Crippen LogP contribution in [-0.2, 0) is 20.9 Å². The van der Waals surface area contributed by atoms with E-state index in [4.69, 9.17) is 14.9 Å². The Balaban J connectivity index is 2.09. The maximum absolute atomic E-state index is 12.2. The Hall–Kier alpha value is -3.29. The van der Waals surface area contributed by atoms with Crippen molar-refractivity contribution in [3.8, 4) is 0 Å². The highest BCUT2D eigenvalue weighted by molar-refractivity contribution is 5.97. The standard InChI is InChI=1S/C20H25N3O5/c1-12(2)18(19(25)22-20(21)26)28-17(24)8-7-15-10-13(3)23(14(15)4)11-16-6-5-9-27-16/h5-10,12,18H,11H2,1-4H3,(H3,21,22,25,26)/b8-7+/t18-/m0/s1. The largest absolute Gasteiger partial charge is 0.467 e. The van der Waals surface area contributed by atoms with Crippen LogP contribution in [0.5, 0.6) is 0 Å². The van der Waals surface area contributed by atoms with Crippen molar-refractivity contribution in [2.45, 2.75) is 40.3 Å². The predicted octanol–water partition coefficient (Wildman–Crippen LogP) is 2.52. The monoisotopic (exact) mass is 387 g/mol. The number of nitrogens with zero attached hydrogens (tertiary/aromatic N) is 1. The van der Waals surface area contributed by atoms with Crippen molar-refractivity contribution in [3.63, 3.8) is 0 Å². The summed E-state index contributed by atoms with van der Waals surface area (Å²) in [4.78, 5) is 34.9. The van der Waals surface area contributed by atoms with Gasteiger partial charge in [-0.2, -0.15) is 0 Å². The molecule has 0 aromatic carbocycles. The van der Waals surface area contributed by atoms with Gasteiger partial charge in [-0.15, -0.1) is 0 Å². The Kier molecular flexibility index (Phi) is 6.81. The third-order valence-electron chi connectivity index (χ3n) is 4.26. The molecule has 0 saturated heterocycles. The van der Waals surface area contributed by atoms with Crippen LogP contribution in [0.3, 0.4) is 0 Å². The molecule has 0 bridgehead atoms. The second kappa shape index (κ2) is 9.07. The SMILES string of the molecule is Cc1cc(/C=C/C(=O)O[C@H](C(=O)NC(N)=O)C(C)C)c(C)n1Cc1ccco1. The first kappa shape index (κ1) is 21.0. The second-order valence-corrected chi connectivity index (χ2v) is 6.78. The molecule has 150 valence electrons. The van der Waals surface area contributed by atoms with Crippen molar-refractivity contribution in [2.24, 2.45) is 11.7 Å². The van der Waals surface area contributed by atoms with Crippen LogP contribution >= 0.6 is 0 Å². The number of hydrogen-bond donors (Lipinski definition) is 2. The summed E-state index contributed by atoms with van der Waals surface area (Å²) in [5.41, 5.74) is 7.77.